The Morgan fingerprint density at radius 1 is 1.00 bits per heavy atom. The maximum Gasteiger partial charge on any atom is 0.237 e. The van der Waals surface area contributed by atoms with Crippen LogP contribution < -0.4 is 0 Å². The minimum Gasteiger partial charge on any atom is -0.392 e. The molecular formula is C28H30F2N2O2. The van der Waals surface area contributed by atoms with Crippen molar-refractivity contribution < 1.29 is 18.7 Å². The van der Waals surface area contributed by atoms with Gasteiger partial charge in [-0.25, -0.2) is 8.78 Å². The van der Waals surface area contributed by atoms with E-state index in [-0.39, 0.29) is 29.7 Å². The van der Waals surface area contributed by atoms with Gasteiger partial charge in [0.05, 0.1) is 17.6 Å². The van der Waals surface area contributed by atoms with E-state index >= 15 is 0 Å². The largest absolute Gasteiger partial charge is 0.392 e. The van der Waals surface area contributed by atoms with Crippen LogP contribution in [-0.4, -0.2) is 53.6 Å². The molecule has 6 heteroatoms. The lowest BCUT2D eigenvalue weighted by Crippen LogP contribution is -2.48. The van der Waals surface area contributed by atoms with Crippen LogP contribution in [0.25, 0.3) is 0 Å². The minimum atomic E-state index is -1.16. The van der Waals surface area contributed by atoms with E-state index in [1.165, 1.54) is 24.3 Å². The van der Waals surface area contributed by atoms with E-state index < -0.39 is 5.41 Å². The minimum absolute atomic E-state index is 0.181. The Morgan fingerprint density at radius 3 is 2.00 bits per heavy atom. The van der Waals surface area contributed by atoms with Crippen LogP contribution in [-0.2, 0) is 10.2 Å². The van der Waals surface area contributed by atoms with Crippen LogP contribution in [0.1, 0.15) is 36.1 Å². The first-order chi connectivity index (χ1) is 16.3. The van der Waals surface area contributed by atoms with E-state index in [2.05, 4.69) is 4.90 Å². The van der Waals surface area contributed by atoms with E-state index in [4.69, 9.17) is 0 Å². The molecule has 0 saturated carbocycles. The molecule has 2 atom stereocenters. The Morgan fingerprint density at radius 2 is 1.53 bits per heavy atom. The van der Waals surface area contributed by atoms with E-state index in [9.17, 15) is 18.7 Å². The summed E-state index contributed by atoms with van der Waals surface area (Å²) in [7, 11) is 1.78. The smallest absolute Gasteiger partial charge is 0.237 e. The Kier molecular flexibility index (Phi) is 7.10. The number of halogens is 2. The fraction of sp³-hybridized carbons (Fsp3) is 0.321. The molecular weight excluding hydrogens is 434 g/mol. The summed E-state index contributed by atoms with van der Waals surface area (Å²) >= 11 is 0. The second kappa shape index (κ2) is 10.0. The van der Waals surface area contributed by atoms with Crippen LogP contribution in [0.15, 0.2) is 78.9 Å². The van der Waals surface area contributed by atoms with Crippen molar-refractivity contribution in [3.63, 3.8) is 0 Å². The lowest BCUT2D eigenvalue weighted by atomic mass is 9.74. The quantitative estimate of drug-likeness (QED) is 0.559. The lowest BCUT2D eigenvalue weighted by molar-refractivity contribution is -0.136. The average Bonchev–Trinajstić information content (AvgIpc) is 3.27. The normalized spacial score (nSPS) is 17.5. The second-order valence-electron chi connectivity index (χ2n) is 9.18. The topological polar surface area (TPSA) is 43.8 Å². The molecule has 1 N–H and O–H groups in total. The van der Waals surface area contributed by atoms with Gasteiger partial charge in [0.1, 0.15) is 11.6 Å². The van der Waals surface area contributed by atoms with Crippen LogP contribution in [0.4, 0.5) is 8.78 Å². The van der Waals surface area contributed by atoms with E-state index in [0.717, 1.165) is 12.1 Å². The zero-order chi connectivity index (χ0) is 24.3. The average molecular weight is 465 g/mol. The number of aliphatic hydroxyl groups excluding tert-OH is 1. The van der Waals surface area contributed by atoms with Gasteiger partial charge < -0.3 is 10.0 Å². The van der Waals surface area contributed by atoms with E-state index in [0.29, 0.717) is 30.6 Å². The van der Waals surface area contributed by atoms with Crippen LogP contribution >= 0.6 is 0 Å². The number of carbonyl (C=O) groups is 1. The molecule has 3 aromatic rings. The first-order valence-electron chi connectivity index (χ1n) is 11.5. The Bertz CT molecular complexity index is 1060. The molecule has 0 spiro atoms. The zero-order valence-corrected chi connectivity index (χ0v) is 19.5. The molecule has 0 unspecified atom stereocenters. The van der Waals surface area contributed by atoms with E-state index in [1.807, 2.05) is 30.3 Å². The molecule has 1 heterocycles. The standard InChI is InChI=1S/C28H30F2N2O2/c1-28(21-8-12-23(29)13-9-21,22-10-14-24(30)15-11-22)27(34)31(2)26(20-6-4-3-5-7-20)19-32-17-16-25(33)18-32/h3-15,25-26,33H,16-19H2,1-2H3/t25-,26+/m0/s1. The molecule has 0 radical (unpaired) electrons. The predicted molar refractivity (Wildman–Crippen MR) is 128 cm³/mol. The highest BCUT2D eigenvalue weighted by atomic mass is 19.1. The number of hydrogen-bond acceptors (Lipinski definition) is 3. The molecule has 34 heavy (non-hydrogen) atoms. The van der Waals surface area contributed by atoms with Crippen molar-refractivity contribution in [1.82, 2.24) is 9.80 Å². The predicted octanol–water partition coefficient (Wildman–Crippen LogP) is 4.54. The van der Waals surface area contributed by atoms with E-state index in [1.54, 1.807) is 43.1 Å². The van der Waals surface area contributed by atoms with Crippen LogP contribution in [0.3, 0.4) is 0 Å². The first-order valence-corrected chi connectivity index (χ1v) is 11.5. The maximum absolute atomic E-state index is 14.3. The van der Waals surface area contributed by atoms with Gasteiger partial charge in [0.25, 0.3) is 0 Å². The van der Waals surface area contributed by atoms with Crippen molar-refractivity contribution in [3.05, 3.63) is 107 Å². The number of benzene rings is 3. The van der Waals surface area contributed by atoms with Crippen molar-refractivity contribution in [2.75, 3.05) is 26.7 Å². The fourth-order valence-corrected chi connectivity index (χ4v) is 4.82. The molecule has 1 fully saturated rings. The SMILES string of the molecule is CN(C(=O)C(C)(c1ccc(F)cc1)c1ccc(F)cc1)[C@H](CN1CC[C@H](O)C1)c1ccccc1. The first kappa shape index (κ1) is 24.0. The van der Waals surface area contributed by atoms with Crippen LogP contribution in [0.2, 0.25) is 0 Å². The van der Waals surface area contributed by atoms with Gasteiger partial charge in [-0.2, -0.15) is 0 Å². The van der Waals surface area contributed by atoms with Crippen molar-refractivity contribution in [3.8, 4) is 0 Å². The third kappa shape index (κ3) is 4.88. The lowest BCUT2D eigenvalue weighted by Gasteiger charge is -2.39. The number of likely N-dealkylation sites (tertiary alicyclic amines) is 1. The summed E-state index contributed by atoms with van der Waals surface area (Å²) in [6, 6.07) is 21.3. The number of aliphatic hydroxyl groups is 1. The summed E-state index contributed by atoms with van der Waals surface area (Å²) in [5.41, 5.74) is 1.08. The number of β-amino-alcohol motifs (C(OH)–C–C–N with tert-alkyl or cyclic N) is 1. The van der Waals surface area contributed by atoms with Crippen LogP contribution in [0, 0.1) is 11.6 Å². The van der Waals surface area contributed by atoms with Gasteiger partial charge in [0.2, 0.25) is 5.91 Å². The number of amides is 1. The van der Waals surface area contributed by atoms with Gasteiger partial charge >= 0.3 is 0 Å². The molecule has 3 aromatic carbocycles. The molecule has 4 nitrogen and oxygen atoms in total. The van der Waals surface area contributed by atoms with Gasteiger partial charge in [0, 0.05) is 26.7 Å². The highest BCUT2D eigenvalue weighted by molar-refractivity contribution is 5.92. The van der Waals surface area contributed by atoms with Gasteiger partial charge in [0.15, 0.2) is 0 Å². The molecule has 1 saturated heterocycles. The van der Waals surface area contributed by atoms with Gasteiger partial charge in [-0.05, 0) is 54.3 Å². The zero-order valence-electron chi connectivity index (χ0n) is 19.5. The molecule has 1 aliphatic rings. The molecule has 0 bridgehead atoms. The third-order valence-corrected chi connectivity index (χ3v) is 6.92. The van der Waals surface area contributed by atoms with Crippen molar-refractivity contribution >= 4 is 5.91 Å². The molecule has 0 aromatic heterocycles. The molecule has 0 aliphatic carbocycles. The summed E-state index contributed by atoms with van der Waals surface area (Å²) in [5, 5.41) is 10.0. The molecule has 1 amide bonds. The summed E-state index contributed by atoms with van der Waals surface area (Å²) in [6.45, 7) is 3.71. The number of carbonyl (C=O) groups excluding carboxylic acids is 1. The highest BCUT2D eigenvalue weighted by Crippen LogP contribution is 2.37. The Labute approximate surface area is 199 Å². The van der Waals surface area contributed by atoms with Crippen molar-refractivity contribution in [2.45, 2.75) is 30.9 Å². The Balaban J connectivity index is 1.75. The Hall–Kier alpha value is -3.09. The number of likely N-dealkylation sites (N-methyl/N-ethyl adjacent to an activating group) is 1. The second-order valence-corrected chi connectivity index (χ2v) is 9.18. The maximum atomic E-state index is 14.3. The molecule has 178 valence electrons. The van der Waals surface area contributed by atoms with Gasteiger partial charge in [-0.1, -0.05) is 54.6 Å². The molecule has 4 rings (SSSR count). The number of nitrogens with zero attached hydrogens (tertiary/aromatic N) is 2. The van der Waals surface area contributed by atoms with Gasteiger partial charge in [-0.3, -0.25) is 9.69 Å². The number of rotatable bonds is 7. The summed E-state index contributed by atoms with van der Waals surface area (Å²) in [4.78, 5) is 18.2. The monoisotopic (exact) mass is 464 g/mol. The van der Waals surface area contributed by atoms with Crippen molar-refractivity contribution in [2.24, 2.45) is 0 Å². The summed E-state index contributed by atoms with van der Waals surface area (Å²) in [5.74, 6) is -0.958. The summed E-state index contributed by atoms with van der Waals surface area (Å²) in [6.07, 6.45) is 0.350. The van der Waals surface area contributed by atoms with Crippen LogP contribution in [0.5, 0.6) is 0 Å². The molecule has 1 aliphatic heterocycles. The summed E-state index contributed by atoms with van der Waals surface area (Å²) < 4.78 is 27.5. The van der Waals surface area contributed by atoms with Gasteiger partial charge in [-0.15, -0.1) is 0 Å². The highest BCUT2D eigenvalue weighted by Gasteiger charge is 2.41. The van der Waals surface area contributed by atoms with Crippen molar-refractivity contribution in [1.29, 1.82) is 0 Å². The number of hydrogen-bond donors (Lipinski definition) is 1. The fourth-order valence-electron chi connectivity index (χ4n) is 4.82. The third-order valence-electron chi connectivity index (χ3n) is 6.92.